The highest BCUT2D eigenvalue weighted by molar-refractivity contribution is 6.06. The Balaban J connectivity index is 0.782. The fraction of sp³-hybridized carbons (Fsp3) is 0.440. The molecular formula is C75H92N4O8. The van der Waals surface area contributed by atoms with Gasteiger partial charge in [0.2, 0.25) is 0 Å². The molecule has 0 radical (unpaired) electrons. The number of likely N-dealkylation sites (N-methyl/N-ethyl adjacent to an activating group) is 2. The maximum Gasteiger partial charge on any atom is 0.307 e. The van der Waals surface area contributed by atoms with Crippen LogP contribution in [0.1, 0.15) is 171 Å². The summed E-state index contributed by atoms with van der Waals surface area (Å²) in [6, 6.07) is 45.5. The average Bonchev–Trinajstić information content (AvgIpc) is 3.33. The fourth-order valence-corrected chi connectivity index (χ4v) is 12.1. The number of hydrogen-bond acceptors (Lipinski definition) is 8. The summed E-state index contributed by atoms with van der Waals surface area (Å²) in [6.07, 6.45) is 12.1. The van der Waals surface area contributed by atoms with Crippen LogP contribution in [0.3, 0.4) is 0 Å². The number of benzene rings is 6. The van der Waals surface area contributed by atoms with Crippen molar-refractivity contribution in [1.82, 2.24) is 9.80 Å². The SMILES string of the molecule is CCCOc1cc(-c2cccc(CCCC3=NC(CCCc4ccc(C(C)(C)CCCOc5cc(-c6cccc(CCCC7=NC(CCCc8ccc(C(C)(C)C)cc8)C(=O)N7CC)c6)ccc5CC(=O)O)cc4)C(=O)N3CC)c2)ccc1CC(=O)O. The zero-order chi connectivity index (χ0) is 62.1. The number of carbonyl (C=O) groups is 4. The van der Waals surface area contributed by atoms with E-state index in [-0.39, 0.29) is 47.6 Å². The van der Waals surface area contributed by atoms with E-state index in [1.165, 1.54) is 33.4 Å². The summed E-state index contributed by atoms with van der Waals surface area (Å²) in [5.74, 6) is 1.39. The van der Waals surface area contributed by atoms with Crippen molar-refractivity contribution >= 4 is 35.4 Å². The van der Waals surface area contributed by atoms with Gasteiger partial charge in [-0.15, -0.1) is 0 Å². The molecular weight excluding hydrogens is 1080 g/mol. The Labute approximate surface area is 517 Å². The Kier molecular flexibility index (Phi) is 23.0. The van der Waals surface area contributed by atoms with E-state index in [1.54, 1.807) is 0 Å². The first-order chi connectivity index (χ1) is 41.8. The van der Waals surface area contributed by atoms with Crippen LogP contribution in [0.2, 0.25) is 0 Å². The van der Waals surface area contributed by atoms with Crippen LogP contribution in [0.25, 0.3) is 22.3 Å². The molecule has 12 nitrogen and oxygen atoms in total. The molecule has 460 valence electrons. The molecule has 0 spiro atoms. The van der Waals surface area contributed by atoms with Crippen molar-refractivity contribution in [1.29, 1.82) is 0 Å². The highest BCUT2D eigenvalue weighted by Gasteiger charge is 2.34. The molecule has 6 aromatic rings. The van der Waals surface area contributed by atoms with Crippen molar-refractivity contribution in [2.75, 3.05) is 26.3 Å². The number of aliphatic imine (C=N–C) groups is 2. The number of hydrogen-bond donors (Lipinski definition) is 2. The maximum absolute atomic E-state index is 13.6. The van der Waals surface area contributed by atoms with Gasteiger partial charge >= 0.3 is 11.9 Å². The van der Waals surface area contributed by atoms with E-state index >= 15 is 0 Å². The van der Waals surface area contributed by atoms with E-state index in [9.17, 15) is 29.4 Å². The first-order valence-corrected chi connectivity index (χ1v) is 31.9. The van der Waals surface area contributed by atoms with Crippen LogP contribution < -0.4 is 9.47 Å². The van der Waals surface area contributed by atoms with Gasteiger partial charge in [-0.1, -0.05) is 163 Å². The molecule has 0 aliphatic carbocycles. The summed E-state index contributed by atoms with van der Waals surface area (Å²) in [5, 5.41) is 19.2. The second-order valence-electron chi connectivity index (χ2n) is 25.3. The minimum absolute atomic E-state index is 0.0874. The van der Waals surface area contributed by atoms with Crippen molar-refractivity contribution in [2.45, 2.75) is 187 Å². The smallest absolute Gasteiger partial charge is 0.307 e. The number of carbonyl (C=O) groups excluding carboxylic acids is 2. The molecule has 87 heavy (non-hydrogen) atoms. The molecule has 2 heterocycles. The number of amides is 2. The Bertz CT molecular complexity index is 3370. The van der Waals surface area contributed by atoms with Crippen LogP contribution in [0.15, 0.2) is 143 Å². The Hall–Kier alpha value is -7.86. The van der Waals surface area contributed by atoms with Gasteiger partial charge in [-0.25, -0.2) is 0 Å². The van der Waals surface area contributed by atoms with Gasteiger partial charge in [-0.2, -0.15) is 0 Å². The number of ether oxygens (including phenoxy) is 2. The number of rotatable bonds is 33. The molecule has 0 saturated heterocycles. The lowest BCUT2D eigenvalue weighted by Crippen LogP contribution is -2.35. The lowest BCUT2D eigenvalue weighted by molar-refractivity contribution is -0.137. The molecule has 6 aromatic carbocycles. The van der Waals surface area contributed by atoms with E-state index in [0.717, 1.165) is 124 Å². The number of carboxylic acids is 2. The second-order valence-corrected chi connectivity index (χ2v) is 25.3. The van der Waals surface area contributed by atoms with Gasteiger partial charge in [0.15, 0.2) is 0 Å². The van der Waals surface area contributed by atoms with Crippen molar-refractivity contribution in [3.05, 3.63) is 178 Å². The van der Waals surface area contributed by atoms with Crippen LogP contribution in [-0.4, -0.2) is 93.8 Å². The number of amidine groups is 2. The molecule has 2 aliphatic rings. The summed E-state index contributed by atoms with van der Waals surface area (Å²) < 4.78 is 12.4. The zero-order valence-corrected chi connectivity index (χ0v) is 52.8. The van der Waals surface area contributed by atoms with E-state index in [2.05, 4.69) is 132 Å². The number of aryl methyl sites for hydroxylation is 4. The molecule has 2 aliphatic heterocycles. The van der Waals surface area contributed by atoms with Gasteiger partial charge < -0.3 is 19.7 Å². The molecule has 0 aromatic heterocycles. The normalized spacial score (nSPS) is 15.3. The van der Waals surface area contributed by atoms with Crippen molar-refractivity contribution < 1.29 is 38.9 Å². The predicted octanol–water partition coefficient (Wildman–Crippen LogP) is 15.4. The first kappa shape index (κ1) is 65.1. The van der Waals surface area contributed by atoms with Crippen molar-refractivity contribution in [2.24, 2.45) is 9.98 Å². The lowest BCUT2D eigenvalue weighted by Gasteiger charge is -2.26. The third kappa shape index (κ3) is 18.1. The van der Waals surface area contributed by atoms with E-state index in [0.29, 0.717) is 55.4 Å². The average molecular weight is 1180 g/mol. The van der Waals surface area contributed by atoms with Crippen LogP contribution in [0, 0.1) is 0 Å². The van der Waals surface area contributed by atoms with Gasteiger partial charge in [0.1, 0.15) is 35.3 Å². The third-order valence-corrected chi connectivity index (χ3v) is 17.1. The first-order valence-electron chi connectivity index (χ1n) is 31.9. The molecule has 0 saturated carbocycles. The number of aliphatic carboxylic acids is 2. The van der Waals surface area contributed by atoms with Crippen LogP contribution in [-0.2, 0) is 68.5 Å². The van der Waals surface area contributed by atoms with Crippen LogP contribution in [0.5, 0.6) is 11.5 Å². The predicted molar refractivity (Wildman–Crippen MR) is 351 cm³/mol. The third-order valence-electron chi connectivity index (χ3n) is 17.1. The number of carboxylic acid groups (broad SMARTS) is 2. The summed E-state index contributed by atoms with van der Waals surface area (Å²) in [6.45, 7) is 19.4. The summed E-state index contributed by atoms with van der Waals surface area (Å²) in [5.41, 5.74) is 12.8. The topological polar surface area (TPSA) is 158 Å². The summed E-state index contributed by atoms with van der Waals surface area (Å²) >= 11 is 0. The minimum atomic E-state index is -0.905. The van der Waals surface area contributed by atoms with Crippen LogP contribution in [0.4, 0.5) is 0 Å². The van der Waals surface area contributed by atoms with Gasteiger partial charge in [0.25, 0.3) is 11.8 Å². The van der Waals surface area contributed by atoms with E-state index in [4.69, 9.17) is 19.5 Å². The highest BCUT2D eigenvalue weighted by Crippen LogP contribution is 2.34. The van der Waals surface area contributed by atoms with Crippen LogP contribution >= 0.6 is 0 Å². The maximum atomic E-state index is 13.6. The molecule has 12 heteroatoms. The zero-order valence-electron chi connectivity index (χ0n) is 52.8. The molecule has 8 rings (SSSR count). The largest absolute Gasteiger partial charge is 0.493 e. The molecule has 2 unspecified atom stereocenters. The van der Waals surface area contributed by atoms with Gasteiger partial charge in [-0.3, -0.25) is 39.0 Å². The lowest BCUT2D eigenvalue weighted by atomic mass is 9.80. The van der Waals surface area contributed by atoms with Crippen molar-refractivity contribution in [3.63, 3.8) is 0 Å². The second kappa shape index (κ2) is 30.7. The minimum Gasteiger partial charge on any atom is -0.493 e. The summed E-state index contributed by atoms with van der Waals surface area (Å²) in [4.78, 5) is 64.1. The standard InChI is InChI=1S/C75H92N4O8/c1-9-44-86-66-48-58(35-37-60(66)50-70(80)81)56-25-12-21-54(46-56)23-16-29-69-77-65(73(85)79(69)11-3)28-15-20-53-33-41-63(42-34-53)75(7,8)43-18-45-87-67-49-59(36-38-61(67)51-71(82)83)57-26-13-22-55(47-57)24-17-30-68-76-64(72(84)78(68)10-2)27-14-19-52-31-39-62(40-32-52)74(4,5)6/h12-13,21-22,25-26,31-42,46-49,64-65H,9-11,14-20,23-24,27-30,43-45,50-51H2,1-8H3,(H,80,81)(H,82,83). The molecule has 0 bridgehead atoms. The summed E-state index contributed by atoms with van der Waals surface area (Å²) in [7, 11) is 0. The molecule has 0 fully saturated rings. The Morgan fingerprint density at radius 3 is 1.33 bits per heavy atom. The molecule has 2 atom stereocenters. The molecule has 2 amide bonds. The van der Waals surface area contributed by atoms with Gasteiger partial charge in [0.05, 0.1) is 26.1 Å². The monoisotopic (exact) mass is 1180 g/mol. The van der Waals surface area contributed by atoms with Gasteiger partial charge in [0, 0.05) is 37.1 Å². The molecule has 2 N–H and O–H groups in total. The Morgan fingerprint density at radius 2 is 0.908 bits per heavy atom. The fourth-order valence-electron chi connectivity index (χ4n) is 12.1. The highest BCUT2D eigenvalue weighted by atomic mass is 16.5. The van der Waals surface area contributed by atoms with E-state index < -0.39 is 11.9 Å². The Morgan fingerprint density at radius 1 is 0.483 bits per heavy atom. The van der Waals surface area contributed by atoms with E-state index in [1.807, 2.05) is 67.0 Å². The van der Waals surface area contributed by atoms with Crippen molar-refractivity contribution in [3.8, 4) is 33.8 Å². The number of nitrogens with zero attached hydrogens (tertiary/aromatic N) is 4. The van der Waals surface area contributed by atoms with Gasteiger partial charge in [-0.05, 0) is 176 Å². The quantitative estimate of drug-likeness (QED) is 0.0385.